The van der Waals surface area contributed by atoms with E-state index in [9.17, 15) is 4.79 Å². The summed E-state index contributed by atoms with van der Waals surface area (Å²) in [5.74, 6) is 0. The van der Waals surface area contributed by atoms with Crippen molar-refractivity contribution in [2.75, 3.05) is 13.7 Å². The van der Waals surface area contributed by atoms with Gasteiger partial charge in [-0.1, -0.05) is 11.6 Å². The van der Waals surface area contributed by atoms with E-state index in [1.807, 2.05) is 6.92 Å². The molecule has 0 N–H and O–H groups in total. The number of nitrogens with zero attached hydrogens (tertiary/aromatic N) is 2. The van der Waals surface area contributed by atoms with E-state index in [0.29, 0.717) is 11.8 Å². The third-order valence-corrected chi connectivity index (χ3v) is 1.88. The van der Waals surface area contributed by atoms with Crippen molar-refractivity contribution < 1.29 is 4.74 Å². The van der Waals surface area contributed by atoms with Crippen molar-refractivity contribution in [3.8, 4) is 0 Å². The Morgan fingerprint density at radius 1 is 1.77 bits per heavy atom. The second kappa shape index (κ2) is 4.39. The first-order valence-electron chi connectivity index (χ1n) is 3.87. The summed E-state index contributed by atoms with van der Waals surface area (Å²) < 4.78 is 6.43. The Morgan fingerprint density at radius 3 is 3.08 bits per heavy atom. The van der Waals surface area contributed by atoms with Gasteiger partial charge in [-0.15, -0.1) is 0 Å². The van der Waals surface area contributed by atoms with Gasteiger partial charge in [-0.25, -0.2) is 4.98 Å². The molecule has 0 saturated carbocycles. The third-order valence-electron chi connectivity index (χ3n) is 1.68. The molecule has 0 aromatic carbocycles. The molecule has 5 heteroatoms. The van der Waals surface area contributed by atoms with Crippen molar-refractivity contribution in [3.05, 3.63) is 27.9 Å². The quantitative estimate of drug-likeness (QED) is 0.738. The van der Waals surface area contributed by atoms with Crippen molar-refractivity contribution in [1.29, 1.82) is 0 Å². The Balaban J connectivity index is 2.99. The van der Waals surface area contributed by atoms with Gasteiger partial charge in [0.25, 0.3) is 5.56 Å². The highest BCUT2D eigenvalue weighted by molar-refractivity contribution is 6.29. The SMILES string of the molecule is COCC(C)n1cc(Cl)ncc1=O. The lowest BCUT2D eigenvalue weighted by molar-refractivity contribution is 0.160. The zero-order chi connectivity index (χ0) is 9.84. The second-order valence-electron chi connectivity index (χ2n) is 2.76. The summed E-state index contributed by atoms with van der Waals surface area (Å²) in [6.45, 7) is 2.35. The van der Waals surface area contributed by atoms with E-state index in [2.05, 4.69) is 4.98 Å². The van der Waals surface area contributed by atoms with Crippen LogP contribution in [0.4, 0.5) is 0 Å². The highest BCUT2D eigenvalue weighted by Gasteiger charge is 2.06. The molecule has 0 saturated heterocycles. The predicted molar refractivity (Wildman–Crippen MR) is 50.1 cm³/mol. The molecule has 1 aromatic rings. The first kappa shape index (κ1) is 10.2. The molecule has 0 aliphatic rings. The maximum Gasteiger partial charge on any atom is 0.269 e. The van der Waals surface area contributed by atoms with Crippen LogP contribution in [0.25, 0.3) is 0 Å². The number of hydrogen-bond donors (Lipinski definition) is 0. The van der Waals surface area contributed by atoms with Crippen molar-refractivity contribution in [2.45, 2.75) is 13.0 Å². The van der Waals surface area contributed by atoms with E-state index in [1.165, 1.54) is 17.0 Å². The largest absolute Gasteiger partial charge is 0.383 e. The van der Waals surface area contributed by atoms with Gasteiger partial charge in [0, 0.05) is 13.3 Å². The Labute approximate surface area is 81.1 Å². The first-order valence-corrected chi connectivity index (χ1v) is 4.25. The number of methoxy groups -OCH3 is 1. The molecule has 72 valence electrons. The van der Waals surface area contributed by atoms with Crippen LogP contribution in [0.3, 0.4) is 0 Å². The van der Waals surface area contributed by atoms with Crippen LogP contribution in [0.15, 0.2) is 17.2 Å². The normalized spacial score (nSPS) is 12.8. The number of rotatable bonds is 3. The fraction of sp³-hybridized carbons (Fsp3) is 0.500. The average molecular weight is 203 g/mol. The van der Waals surface area contributed by atoms with E-state index in [1.54, 1.807) is 7.11 Å². The lowest BCUT2D eigenvalue weighted by Gasteiger charge is -2.13. The van der Waals surface area contributed by atoms with Crippen LogP contribution in [0.2, 0.25) is 5.15 Å². The van der Waals surface area contributed by atoms with Crippen LogP contribution in [0.1, 0.15) is 13.0 Å². The maximum absolute atomic E-state index is 11.3. The van der Waals surface area contributed by atoms with Crippen molar-refractivity contribution in [1.82, 2.24) is 9.55 Å². The van der Waals surface area contributed by atoms with Gasteiger partial charge >= 0.3 is 0 Å². The molecule has 1 rings (SSSR count). The van der Waals surface area contributed by atoms with E-state index in [4.69, 9.17) is 16.3 Å². The van der Waals surface area contributed by atoms with Gasteiger partial charge in [0.2, 0.25) is 0 Å². The van der Waals surface area contributed by atoms with Crippen LogP contribution in [0, 0.1) is 0 Å². The molecule has 1 unspecified atom stereocenters. The summed E-state index contributed by atoms with van der Waals surface area (Å²) >= 11 is 5.65. The summed E-state index contributed by atoms with van der Waals surface area (Å²) in [5, 5.41) is 0.308. The number of hydrogen-bond acceptors (Lipinski definition) is 3. The molecular weight excluding hydrogens is 192 g/mol. The van der Waals surface area contributed by atoms with Crippen LogP contribution < -0.4 is 5.56 Å². The van der Waals surface area contributed by atoms with Gasteiger partial charge in [0.1, 0.15) is 5.15 Å². The molecule has 1 heterocycles. The summed E-state index contributed by atoms with van der Waals surface area (Å²) in [6.07, 6.45) is 2.71. The third kappa shape index (κ3) is 2.54. The highest BCUT2D eigenvalue weighted by Crippen LogP contribution is 2.05. The number of aromatic nitrogens is 2. The summed E-state index contributed by atoms with van der Waals surface area (Å²) in [7, 11) is 1.59. The van der Waals surface area contributed by atoms with Crippen molar-refractivity contribution >= 4 is 11.6 Å². The van der Waals surface area contributed by atoms with Crippen LogP contribution in [-0.4, -0.2) is 23.3 Å². The second-order valence-corrected chi connectivity index (χ2v) is 3.15. The smallest absolute Gasteiger partial charge is 0.269 e. The molecule has 1 atom stereocenters. The molecule has 13 heavy (non-hydrogen) atoms. The lowest BCUT2D eigenvalue weighted by atomic mass is 10.3. The van der Waals surface area contributed by atoms with Crippen molar-refractivity contribution in [3.63, 3.8) is 0 Å². The maximum atomic E-state index is 11.3. The van der Waals surface area contributed by atoms with Gasteiger partial charge in [-0.2, -0.15) is 0 Å². The van der Waals surface area contributed by atoms with Gasteiger partial charge in [-0.05, 0) is 6.92 Å². The average Bonchev–Trinajstić information content (AvgIpc) is 2.09. The van der Waals surface area contributed by atoms with Gasteiger partial charge < -0.3 is 9.30 Å². The minimum absolute atomic E-state index is 0.0296. The first-order chi connectivity index (χ1) is 6.15. The Morgan fingerprint density at radius 2 is 2.46 bits per heavy atom. The Kier molecular flexibility index (Phi) is 3.45. The Bertz CT molecular complexity index is 337. The molecule has 0 radical (unpaired) electrons. The van der Waals surface area contributed by atoms with Crippen molar-refractivity contribution in [2.24, 2.45) is 0 Å². The lowest BCUT2D eigenvalue weighted by Crippen LogP contribution is -2.25. The van der Waals surface area contributed by atoms with Gasteiger partial charge in [-0.3, -0.25) is 4.79 Å². The van der Waals surface area contributed by atoms with Gasteiger partial charge in [0.15, 0.2) is 0 Å². The van der Waals surface area contributed by atoms with Crippen LogP contribution in [0.5, 0.6) is 0 Å². The van der Waals surface area contributed by atoms with Gasteiger partial charge in [0.05, 0.1) is 18.8 Å². The fourth-order valence-corrected chi connectivity index (χ4v) is 1.22. The zero-order valence-electron chi connectivity index (χ0n) is 7.53. The monoisotopic (exact) mass is 202 g/mol. The minimum Gasteiger partial charge on any atom is -0.383 e. The van der Waals surface area contributed by atoms with E-state index >= 15 is 0 Å². The van der Waals surface area contributed by atoms with E-state index in [0.717, 1.165) is 0 Å². The molecule has 1 aromatic heterocycles. The van der Waals surface area contributed by atoms with Crippen LogP contribution >= 0.6 is 11.6 Å². The standard InChI is InChI=1S/C8H11ClN2O2/c1-6(5-13-2)11-4-7(9)10-3-8(11)12/h3-4,6H,5H2,1-2H3. The predicted octanol–water partition coefficient (Wildman–Crippen LogP) is 1.10. The van der Waals surface area contributed by atoms with Crippen LogP contribution in [-0.2, 0) is 4.74 Å². The molecule has 4 nitrogen and oxygen atoms in total. The molecule has 0 bridgehead atoms. The summed E-state index contributed by atoms with van der Waals surface area (Å²) in [5.41, 5.74) is -0.172. The van der Waals surface area contributed by atoms with E-state index in [-0.39, 0.29) is 11.6 Å². The molecule has 0 aliphatic carbocycles. The molecular formula is C8H11ClN2O2. The molecule has 0 aliphatic heterocycles. The number of ether oxygens (including phenoxy) is 1. The van der Waals surface area contributed by atoms with E-state index < -0.39 is 0 Å². The molecule has 0 spiro atoms. The molecule has 0 fully saturated rings. The summed E-state index contributed by atoms with van der Waals surface area (Å²) in [4.78, 5) is 14.9. The minimum atomic E-state index is -0.172. The zero-order valence-corrected chi connectivity index (χ0v) is 8.28. The molecule has 0 amide bonds. The fourth-order valence-electron chi connectivity index (χ4n) is 1.06. The summed E-state index contributed by atoms with van der Waals surface area (Å²) in [6, 6.07) is -0.0296. The Hall–Kier alpha value is -0.870. The topological polar surface area (TPSA) is 44.1 Å². The highest BCUT2D eigenvalue weighted by atomic mass is 35.5. The number of halogens is 1.